The van der Waals surface area contributed by atoms with E-state index in [0.29, 0.717) is 6.42 Å². The van der Waals surface area contributed by atoms with Gasteiger partial charge < -0.3 is 28.7 Å². The molecule has 0 unspecified atom stereocenters. The van der Waals surface area contributed by atoms with Gasteiger partial charge in [-0.2, -0.15) is 0 Å². The summed E-state index contributed by atoms with van der Waals surface area (Å²) in [7, 11) is -9.03. The molecule has 0 saturated carbocycles. The zero-order valence-corrected chi connectivity index (χ0v) is 34.5. The maximum atomic E-state index is 10.5. The van der Waals surface area contributed by atoms with Crippen molar-refractivity contribution in [2.24, 2.45) is 0 Å². The van der Waals surface area contributed by atoms with Crippen LogP contribution >= 0.6 is 15.6 Å². The second-order valence-corrected chi connectivity index (χ2v) is 14.9. The molecule has 0 rings (SSSR count). The second kappa shape index (κ2) is 41.4. The number of allylic oxidation sites excluding steroid dienone is 4. The Morgan fingerprint density at radius 2 is 0.702 bits per heavy atom. The molecular formula is C36H72CaO8P2. The summed E-state index contributed by atoms with van der Waals surface area (Å²) in [6.07, 6.45) is 43.1. The van der Waals surface area contributed by atoms with Gasteiger partial charge in [0.15, 0.2) is 0 Å². The molecule has 11 heteroatoms. The SMILES string of the molecule is CCCCCCCC/C=C\CCCCCCCCOP(=O)(O)O.CCCCCCCC/C=C\CCCCCCCCOP(=O)([O-])[O-].[Ca+2]. The maximum Gasteiger partial charge on any atom is 2.00 e. The third-order valence-electron chi connectivity index (χ3n) is 7.82. The molecule has 0 bridgehead atoms. The fraction of sp³-hybridized carbons (Fsp3) is 0.889. The number of hydrogen-bond donors (Lipinski definition) is 2. The van der Waals surface area contributed by atoms with E-state index in [-0.39, 0.29) is 51.0 Å². The van der Waals surface area contributed by atoms with Gasteiger partial charge in [-0.3, -0.25) is 4.52 Å². The fourth-order valence-electron chi connectivity index (χ4n) is 5.06. The Morgan fingerprint density at radius 3 is 0.979 bits per heavy atom. The normalized spacial score (nSPS) is 12.0. The average Bonchev–Trinajstić information content (AvgIpc) is 2.99. The van der Waals surface area contributed by atoms with Crippen LogP contribution in [0.3, 0.4) is 0 Å². The first-order chi connectivity index (χ1) is 22.1. The minimum Gasteiger partial charge on any atom is -0.790 e. The Labute approximate surface area is 320 Å². The minimum absolute atomic E-state index is 0. The summed E-state index contributed by atoms with van der Waals surface area (Å²) >= 11 is 0. The van der Waals surface area contributed by atoms with Crippen LogP contribution in [0.2, 0.25) is 0 Å². The van der Waals surface area contributed by atoms with Gasteiger partial charge in [-0.1, -0.05) is 154 Å². The van der Waals surface area contributed by atoms with Crippen molar-refractivity contribution in [3.8, 4) is 0 Å². The standard InChI is InChI=1S/2C18H37O4P.Ca/c2*1-2-3-4-5-6-7-8-9-10-11-12-13-14-15-16-17-18-22-23(19,20)21;/h2*9-10H,2-8,11-18H2,1H3,(H2,19,20,21);/q;;+2/p-2/b2*10-9-;. The molecule has 0 aromatic rings. The Balaban J connectivity index is -0.000000807. The molecule has 0 saturated heterocycles. The first-order valence-electron chi connectivity index (χ1n) is 18.8. The fourth-order valence-corrected chi connectivity index (χ4v) is 5.78. The third kappa shape index (κ3) is 56.6. The van der Waals surface area contributed by atoms with E-state index < -0.39 is 15.6 Å². The quantitative estimate of drug-likeness (QED) is 0.0288. The number of unbranched alkanes of at least 4 members (excludes halogenated alkanes) is 24. The molecule has 47 heavy (non-hydrogen) atoms. The van der Waals surface area contributed by atoms with Crippen LogP contribution in [0.1, 0.15) is 194 Å². The van der Waals surface area contributed by atoms with Crippen LogP contribution < -0.4 is 9.79 Å². The monoisotopic (exact) mass is 734 g/mol. The summed E-state index contributed by atoms with van der Waals surface area (Å²) in [5, 5.41) is 0. The van der Waals surface area contributed by atoms with E-state index in [1.165, 1.54) is 128 Å². The smallest absolute Gasteiger partial charge is 0.790 e. The van der Waals surface area contributed by atoms with Crippen molar-refractivity contribution >= 4 is 53.4 Å². The Hall–Kier alpha value is 0.960. The molecule has 0 aliphatic rings. The van der Waals surface area contributed by atoms with E-state index in [1.807, 2.05) is 0 Å². The van der Waals surface area contributed by atoms with Crippen molar-refractivity contribution in [2.75, 3.05) is 13.2 Å². The number of phosphoric ester groups is 2. The predicted molar refractivity (Wildman–Crippen MR) is 196 cm³/mol. The molecule has 0 amide bonds. The zero-order valence-electron chi connectivity index (χ0n) is 30.5. The van der Waals surface area contributed by atoms with Gasteiger partial charge in [0.05, 0.1) is 21.0 Å². The molecular weight excluding hydrogens is 662 g/mol. The van der Waals surface area contributed by atoms with Gasteiger partial charge in [-0.25, -0.2) is 4.57 Å². The summed E-state index contributed by atoms with van der Waals surface area (Å²) in [6, 6.07) is 0. The molecule has 0 fully saturated rings. The van der Waals surface area contributed by atoms with Crippen LogP contribution in [0.5, 0.6) is 0 Å². The molecule has 0 aromatic carbocycles. The molecule has 8 nitrogen and oxygen atoms in total. The summed E-state index contributed by atoms with van der Waals surface area (Å²) in [5.41, 5.74) is 0. The average molecular weight is 735 g/mol. The predicted octanol–water partition coefficient (Wildman–Crippen LogP) is 10.6. The Morgan fingerprint density at radius 1 is 0.447 bits per heavy atom. The van der Waals surface area contributed by atoms with Crippen molar-refractivity contribution in [1.82, 2.24) is 0 Å². The van der Waals surface area contributed by atoms with Crippen LogP contribution in [-0.4, -0.2) is 60.7 Å². The summed E-state index contributed by atoms with van der Waals surface area (Å²) in [6.45, 7) is 4.69. The van der Waals surface area contributed by atoms with E-state index in [9.17, 15) is 18.9 Å². The van der Waals surface area contributed by atoms with Crippen LogP contribution in [0, 0.1) is 0 Å². The van der Waals surface area contributed by atoms with Crippen molar-refractivity contribution in [2.45, 2.75) is 194 Å². The molecule has 0 aromatic heterocycles. The molecule has 0 atom stereocenters. The van der Waals surface area contributed by atoms with E-state index in [4.69, 9.17) is 9.79 Å². The van der Waals surface area contributed by atoms with Gasteiger partial charge >= 0.3 is 45.6 Å². The van der Waals surface area contributed by atoms with E-state index in [0.717, 1.165) is 44.9 Å². The molecule has 0 aliphatic carbocycles. The number of hydrogen-bond acceptors (Lipinski definition) is 6. The Kier molecular flexibility index (Phi) is 46.1. The van der Waals surface area contributed by atoms with Crippen LogP contribution in [-0.2, 0) is 18.2 Å². The molecule has 0 aliphatic heterocycles. The molecule has 276 valence electrons. The minimum atomic E-state index is -4.76. The summed E-state index contributed by atoms with van der Waals surface area (Å²) < 4.78 is 29.3. The number of phosphoric acid groups is 2. The summed E-state index contributed by atoms with van der Waals surface area (Å²) in [4.78, 5) is 37.5. The second-order valence-electron chi connectivity index (χ2n) is 12.5. The first-order valence-corrected chi connectivity index (χ1v) is 21.8. The largest absolute Gasteiger partial charge is 2.00 e. The van der Waals surface area contributed by atoms with E-state index in [1.54, 1.807) is 0 Å². The van der Waals surface area contributed by atoms with Gasteiger partial charge in [0.2, 0.25) is 0 Å². The molecule has 2 N–H and O–H groups in total. The third-order valence-corrected chi connectivity index (χ3v) is 8.84. The zero-order chi connectivity index (χ0) is 34.5. The summed E-state index contributed by atoms with van der Waals surface area (Å²) in [5.74, 6) is 0. The van der Waals surface area contributed by atoms with E-state index >= 15 is 0 Å². The molecule has 0 heterocycles. The number of rotatable bonds is 34. The van der Waals surface area contributed by atoms with Crippen molar-refractivity contribution in [1.29, 1.82) is 0 Å². The van der Waals surface area contributed by atoms with Gasteiger partial charge in [0, 0.05) is 0 Å². The van der Waals surface area contributed by atoms with Crippen LogP contribution in [0.25, 0.3) is 0 Å². The van der Waals surface area contributed by atoms with Crippen LogP contribution in [0.4, 0.5) is 0 Å². The van der Waals surface area contributed by atoms with Crippen molar-refractivity contribution < 1.29 is 37.8 Å². The van der Waals surface area contributed by atoms with Gasteiger partial charge in [0.25, 0.3) is 0 Å². The van der Waals surface area contributed by atoms with Gasteiger partial charge in [-0.05, 0) is 64.2 Å². The van der Waals surface area contributed by atoms with Gasteiger partial charge in [0.1, 0.15) is 0 Å². The maximum absolute atomic E-state index is 10.5. The topological polar surface area (TPSA) is 139 Å². The van der Waals surface area contributed by atoms with Crippen molar-refractivity contribution in [3.05, 3.63) is 24.3 Å². The van der Waals surface area contributed by atoms with Crippen LogP contribution in [0.15, 0.2) is 24.3 Å². The van der Waals surface area contributed by atoms with Gasteiger partial charge in [-0.15, -0.1) is 0 Å². The first kappa shape index (κ1) is 52.3. The van der Waals surface area contributed by atoms with E-state index in [2.05, 4.69) is 47.2 Å². The molecule has 0 spiro atoms. The molecule has 0 radical (unpaired) electrons. The van der Waals surface area contributed by atoms with Crippen molar-refractivity contribution in [3.63, 3.8) is 0 Å². The Bertz CT molecular complexity index is 693.